The van der Waals surface area contributed by atoms with Crippen LogP contribution in [0.2, 0.25) is 0 Å². The summed E-state index contributed by atoms with van der Waals surface area (Å²) < 4.78 is 38.5. The zero-order valence-electron chi connectivity index (χ0n) is 12.0. The molecule has 8 heteroatoms. The number of hydrogen-bond acceptors (Lipinski definition) is 5. The topological polar surface area (TPSA) is 49.8 Å². The van der Waals surface area contributed by atoms with Gasteiger partial charge in [0.2, 0.25) is 5.82 Å². The summed E-state index contributed by atoms with van der Waals surface area (Å²) in [5.41, 5.74) is 0. The van der Waals surface area contributed by atoms with Crippen LogP contribution in [0.25, 0.3) is 0 Å². The first-order valence-corrected chi connectivity index (χ1v) is 8.16. The fourth-order valence-electron chi connectivity index (χ4n) is 2.51. The molecule has 1 aromatic heterocycles. The van der Waals surface area contributed by atoms with E-state index in [9.17, 15) is 13.2 Å². The molecule has 0 saturated heterocycles. The van der Waals surface area contributed by atoms with Gasteiger partial charge < -0.3 is 10.6 Å². The molecule has 1 aliphatic carbocycles. The molecule has 0 bridgehead atoms. The highest BCUT2D eigenvalue weighted by atomic mass is 32.2. The number of nitrogens with one attached hydrogen (secondary N) is 2. The lowest BCUT2D eigenvalue weighted by Crippen LogP contribution is -2.34. The molecule has 4 nitrogen and oxygen atoms in total. The summed E-state index contributed by atoms with van der Waals surface area (Å²) >= 11 is 1.75. The summed E-state index contributed by atoms with van der Waals surface area (Å²) in [6, 6.07) is 1.66. The number of halogens is 3. The number of hydrogen-bond donors (Lipinski definition) is 2. The van der Waals surface area contributed by atoms with Crippen LogP contribution in [-0.4, -0.2) is 34.6 Å². The lowest BCUT2D eigenvalue weighted by atomic mass is 9.95. The first-order valence-electron chi connectivity index (χ1n) is 6.87. The summed E-state index contributed by atoms with van der Waals surface area (Å²) in [6.07, 6.45) is 1.77. The van der Waals surface area contributed by atoms with Crippen LogP contribution in [0, 0.1) is 0 Å². The van der Waals surface area contributed by atoms with Crippen molar-refractivity contribution in [3.8, 4) is 0 Å². The number of anilines is 2. The SMILES string of the molecule is CNc1cc(NC2CCCCC2SC)nc(C(F)(F)F)n1. The second-order valence-corrected chi connectivity index (χ2v) is 6.10. The molecule has 1 aliphatic rings. The third kappa shape index (κ3) is 4.15. The maximum atomic E-state index is 12.8. The quantitative estimate of drug-likeness (QED) is 0.887. The molecule has 1 heterocycles. The largest absolute Gasteiger partial charge is 0.451 e. The second kappa shape index (κ2) is 6.72. The van der Waals surface area contributed by atoms with Crippen LogP contribution in [0.5, 0.6) is 0 Å². The molecule has 2 rings (SSSR count). The van der Waals surface area contributed by atoms with E-state index in [1.165, 1.54) is 19.5 Å². The van der Waals surface area contributed by atoms with Gasteiger partial charge in [0.15, 0.2) is 0 Å². The molecule has 0 amide bonds. The van der Waals surface area contributed by atoms with Gasteiger partial charge in [0.25, 0.3) is 0 Å². The average molecular weight is 320 g/mol. The van der Waals surface area contributed by atoms with E-state index in [1.54, 1.807) is 11.8 Å². The molecule has 2 N–H and O–H groups in total. The van der Waals surface area contributed by atoms with E-state index >= 15 is 0 Å². The zero-order chi connectivity index (χ0) is 15.5. The predicted octanol–water partition coefficient (Wildman–Crippen LogP) is 3.62. The maximum Gasteiger partial charge on any atom is 0.451 e. The number of aromatic nitrogens is 2. The maximum absolute atomic E-state index is 12.8. The first-order chi connectivity index (χ1) is 9.94. The van der Waals surface area contributed by atoms with Crippen molar-refractivity contribution in [2.24, 2.45) is 0 Å². The van der Waals surface area contributed by atoms with Gasteiger partial charge in [0, 0.05) is 24.4 Å². The lowest BCUT2D eigenvalue weighted by Gasteiger charge is -2.31. The van der Waals surface area contributed by atoms with E-state index in [4.69, 9.17) is 0 Å². The highest BCUT2D eigenvalue weighted by molar-refractivity contribution is 7.99. The van der Waals surface area contributed by atoms with Gasteiger partial charge in [-0.1, -0.05) is 12.8 Å². The normalized spacial score (nSPS) is 22.9. The fraction of sp³-hybridized carbons (Fsp3) is 0.692. The lowest BCUT2D eigenvalue weighted by molar-refractivity contribution is -0.144. The Morgan fingerprint density at radius 2 is 1.86 bits per heavy atom. The number of alkyl halides is 3. The number of thioether (sulfide) groups is 1. The zero-order valence-corrected chi connectivity index (χ0v) is 12.8. The summed E-state index contributed by atoms with van der Waals surface area (Å²) in [4.78, 5) is 7.08. The fourth-order valence-corrected chi connectivity index (χ4v) is 3.45. The smallest absolute Gasteiger partial charge is 0.373 e. The van der Waals surface area contributed by atoms with Crippen molar-refractivity contribution < 1.29 is 13.2 Å². The van der Waals surface area contributed by atoms with E-state index in [1.807, 2.05) is 6.26 Å². The van der Waals surface area contributed by atoms with E-state index in [0.29, 0.717) is 5.25 Å². The van der Waals surface area contributed by atoms with Gasteiger partial charge in [-0.25, -0.2) is 9.97 Å². The van der Waals surface area contributed by atoms with Crippen LogP contribution in [0.4, 0.5) is 24.8 Å². The Morgan fingerprint density at radius 1 is 1.19 bits per heavy atom. The van der Waals surface area contributed by atoms with Crippen LogP contribution in [0.15, 0.2) is 6.07 Å². The van der Waals surface area contributed by atoms with Crippen LogP contribution in [-0.2, 0) is 6.18 Å². The average Bonchev–Trinajstić information content (AvgIpc) is 2.46. The van der Waals surface area contributed by atoms with Gasteiger partial charge in [-0.05, 0) is 19.1 Å². The Balaban J connectivity index is 2.22. The van der Waals surface area contributed by atoms with Crippen molar-refractivity contribution in [1.82, 2.24) is 9.97 Å². The molecular formula is C13H19F3N4S. The Morgan fingerprint density at radius 3 is 2.48 bits per heavy atom. The van der Waals surface area contributed by atoms with Gasteiger partial charge in [-0.3, -0.25) is 0 Å². The molecule has 21 heavy (non-hydrogen) atoms. The van der Waals surface area contributed by atoms with Crippen LogP contribution in [0.1, 0.15) is 31.5 Å². The minimum absolute atomic E-state index is 0.148. The van der Waals surface area contributed by atoms with E-state index in [-0.39, 0.29) is 17.7 Å². The second-order valence-electron chi connectivity index (χ2n) is 5.02. The molecule has 2 atom stereocenters. The number of rotatable bonds is 4. The highest BCUT2D eigenvalue weighted by Gasteiger charge is 2.36. The van der Waals surface area contributed by atoms with Gasteiger partial charge >= 0.3 is 6.18 Å². The van der Waals surface area contributed by atoms with Crippen molar-refractivity contribution in [3.63, 3.8) is 0 Å². The van der Waals surface area contributed by atoms with E-state index in [2.05, 4.69) is 20.6 Å². The van der Waals surface area contributed by atoms with Crippen LogP contribution < -0.4 is 10.6 Å². The predicted molar refractivity (Wildman–Crippen MR) is 79.8 cm³/mol. The highest BCUT2D eigenvalue weighted by Crippen LogP contribution is 2.31. The summed E-state index contributed by atoms with van der Waals surface area (Å²) in [6.45, 7) is 0. The van der Waals surface area contributed by atoms with Crippen molar-refractivity contribution >= 4 is 23.4 Å². The molecule has 1 fully saturated rings. The minimum Gasteiger partial charge on any atom is -0.373 e. The van der Waals surface area contributed by atoms with E-state index < -0.39 is 12.0 Å². The molecule has 0 aromatic carbocycles. The molecule has 1 saturated carbocycles. The Kier molecular flexibility index (Phi) is 5.18. The Labute approximate surface area is 126 Å². The molecule has 0 spiro atoms. The van der Waals surface area contributed by atoms with Gasteiger partial charge in [-0.15, -0.1) is 0 Å². The first kappa shape index (κ1) is 16.2. The molecule has 0 aliphatic heterocycles. The Bertz CT molecular complexity index is 481. The molecule has 1 aromatic rings. The van der Waals surface area contributed by atoms with E-state index in [0.717, 1.165) is 19.3 Å². The third-order valence-electron chi connectivity index (χ3n) is 3.57. The van der Waals surface area contributed by atoms with Gasteiger partial charge in [-0.2, -0.15) is 24.9 Å². The summed E-state index contributed by atoms with van der Waals surface area (Å²) in [5.74, 6) is -0.725. The van der Waals surface area contributed by atoms with Crippen molar-refractivity contribution in [1.29, 1.82) is 0 Å². The third-order valence-corrected chi connectivity index (χ3v) is 4.74. The molecular weight excluding hydrogens is 301 g/mol. The molecule has 2 unspecified atom stereocenters. The monoisotopic (exact) mass is 320 g/mol. The van der Waals surface area contributed by atoms with Crippen molar-refractivity contribution in [2.45, 2.75) is 43.2 Å². The standard InChI is InChI=1S/C13H19F3N4S/c1-17-10-7-11(20-12(19-10)13(14,15)16)18-8-5-3-4-6-9(8)21-2/h7-9H,3-6H2,1-2H3,(H2,17,18,19,20). The summed E-state index contributed by atoms with van der Waals surface area (Å²) in [7, 11) is 1.54. The summed E-state index contributed by atoms with van der Waals surface area (Å²) in [5, 5.41) is 6.21. The van der Waals surface area contributed by atoms with Crippen molar-refractivity contribution in [3.05, 3.63) is 11.9 Å². The van der Waals surface area contributed by atoms with Crippen LogP contribution >= 0.6 is 11.8 Å². The van der Waals surface area contributed by atoms with Gasteiger partial charge in [0.05, 0.1) is 0 Å². The van der Waals surface area contributed by atoms with Crippen molar-refractivity contribution in [2.75, 3.05) is 23.9 Å². The van der Waals surface area contributed by atoms with Gasteiger partial charge in [0.1, 0.15) is 11.6 Å². The molecule has 0 radical (unpaired) electrons. The minimum atomic E-state index is -4.55. The Hall–Kier alpha value is -1.18. The van der Waals surface area contributed by atoms with Crippen LogP contribution in [0.3, 0.4) is 0 Å². The molecule has 118 valence electrons. The number of nitrogens with zero attached hydrogens (tertiary/aromatic N) is 2.